The molecule has 0 aliphatic carbocycles. The lowest BCUT2D eigenvalue weighted by molar-refractivity contribution is 0.102. The highest BCUT2D eigenvalue weighted by Crippen LogP contribution is 2.28. The zero-order valence-corrected chi connectivity index (χ0v) is 15.2. The molecule has 0 saturated carbocycles. The Labute approximate surface area is 168 Å². The van der Waals surface area contributed by atoms with E-state index in [1.54, 1.807) is 0 Å². The van der Waals surface area contributed by atoms with Crippen molar-refractivity contribution in [2.75, 3.05) is 10.6 Å². The molecule has 0 radical (unpaired) electrons. The molecule has 152 valence electrons. The number of Topliss-reactive ketones (excluding diaryl/α,β-unsaturated/α-hetero) is 1. The lowest BCUT2D eigenvalue weighted by Crippen LogP contribution is -2.32. The predicted molar refractivity (Wildman–Crippen MR) is 106 cm³/mol. The SMILES string of the molecule is O=C(Nc1cccc(F)c1)Nc1cc(F)cc(C(=O)C2=CNC3N=CC=NC23)c1F. The molecule has 2 aromatic rings. The number of carbonyl (C=O) groups excluding carboxylic acids is 2. The first kappa shape index (κ1) is 19.4. The van der Waals surface area contributed by atoms with Crippen LogP contribution in [0.15, 0.2) is 58.2 Å². The summed E-state index contributed by atoms with van der Waals surface area (Å²) in [4.78, 5) is 33.2. The molecule has 0 fully saturated rings. The van der Waals surface area contributed by atoms with E-state index in [2.05, 4.69) is 25.9 Å². The van der Waals surface area contributed by atoms with Crippen LogP contribution in [-0.4, -0.2) is 36.5 Å². The van der Waals surface area contributed by atoms with E-state index in [9.17, 15) is 22.8 Å². The van der Waals surface area contributed by atoms with Gasteiger partial charge in [0, 0.05) is 36.0 Å². The average molecular weight is 413 g/mol. The topological polar surface area (TPSA) is 95.0 Å². The van der Waals surface area contributed by atoms with Crippen molar-refractivity contribution in [1.82, 2.24) is 5.32 Å². The first-order valence-corrected chi connectivity index (χ1v) is 8.81. The van der Waals surface area contributed by atoms with Gasteiger partial charge in [-0.15, -0.1) is 0 Å². The molecular weight excluding hydrogens is 399 g/mol. The summed E-state index contributed by atoms with van der Waals surface area (Å²) in [5.41, 5.74) is -0.868. The third-order valence-electron chi connectivity index (χ3n) is 4.46. The number of aliphatic imine (C=N–C) groups is 2. The molecule has 10 heteroatoms. The summed E-state index contributed by atoms with van der Waals surface area (Å²) in [6.07, 6.45) is 3.77. The number of fused-ring (bicyclic) bond motifs is 1. The summed E-state index contributed by atoms with van der Waals surface area (Å²) in [7, 11) is 0. The van der Waals surface area contributed by atoms with E-state index in [0.717, 1.165) is 18.2 Å². The monoisotopic (exact) mass is 413 g/mol. The number of hydrogen-bond acceptors (Lipinski definition) is 5. The van der Waals surface area contributed by atoms with E-state index in [0.29, 0.717) is 0 Å². The first-order chi connectivity index (χ1) is 14.4. The Morgan fingerprint density at radius 1 is 0.967 bits per heavy atom. The van der Waals surface area contributed by atoms with Crippen LogP contribution in [0.3, 0.4) is 0 Å². The van der Waals surface area contributed by atoms with Gasteiger partial charge in [-0.05, 0) is 24.3 Å². The molecule has 2 amide bonds. The van der Waals surface area contributed by atoms with E-state index in [1.807, 2.05) is 0 Å². The quantitative estimate of drug-likeness (QED) is 0.672. The van der Waals surface area contributed by atoms with Crippen LogP contribution in [0, 0.1) is 17.5 Å². The van der Waals surface area contributed by atoms with Crippen molar-refractivity contribution in [3.05, 3.63) is 71.2 Å². The van der Waals surface area contributed by atoms with Crippen LogP contribution in [0.25, 0.3) is 0 Å². The third-order valence-corrected chi connectivity index (χ3v) is 4.46. The second kappa shape index (κ2) is 7.82. The molecule has 2 aromatic carbocycles. The molecule has 2 atom stereocenters. The first-order valence-electron chi connectivity index (χ1n) is 8.81. The number of nitrogens with one attached hydrogen (secondary N) is 3. The van der Waals surface area contributed by atoms with Gasteiger partial charge in [-0.25, -0.2) is 18.0 Å². The maximum atomic E-state index is 14.9. The number of ketones is 1. The molecule has 2 heterocycles. The Kier molecular flexibility index (Phi) is 5.05. The second-order valence-electron chi connectivity index (χ2n) is 6.49. The molecular formula is C20H14F3N5O2. The van der Waals surface area contributed by atoms with Gasteiger partial charge in [0.2, 0.25) is 0 Å². The molecule has 0 saturated heterocycles. The Balaban J connectivity index is 1.56. The normalized spacial score (nSPS) is 19.0. The summed E-state index contributed by atoms with van der Waals surface area (Å²) in [5.74, 6) is -3.39. The number of halogens is 3. The largest absolute Gasteiger partial charge is 0.367 e. The number of benzene rings is 2. The zero-order valence-electron chi connectivity index (χ0n) is 15.2. The number of hydrogen-bond donors (Lipinski definition) is 3. The molecule has 7 nitrogen and oxygen atoms in total. The number of anilines is 2. The van der Waals surface area contributed by atoms with Crippen molar-refractivity contribution in [2.45, 2.75) is 12.2 Å². The highest BCUT2D eigenvalue weighted by Gasteiger charge is 2.35. The minimum absolute atomic E-state index is 0.115. The van der Waals surface area contributed by atoms with E-state index in [1.165, 1.54) is 36.8 Å². The average Bonchev–Trinajstić information content (AvgIpc) is 3.14. The molecule has 0 spiro atoms. The molecule has 0 aromatic heterocycles. The van der Waals surface area contributed by atoms with Crippen LogP contribution in [-0.2, 0) is 0 Å². The summed E-state index contributed by atoms with van der Waals surface area (Å²) < 4.78 is 42.2. The summed E-state index contributed by atoms with van der Waals surface area (Å²) in [6, 6.07) is 4.93. The van der Waals surface area contributed by atoms with Crippen LogP contribution in [0.2, 0.25) is 0 Å². The van der Waals surface area contributed by atoms with Gasteiger partial charge < -0.3 is 16.0 Å². The van der Waals surface area contributed by atoms with Crippen LogP contribution < -0.4 is 16.0 Å². The summed E-state index contributed by atoms with van der Waals surface area (Å²) in [6.45, 7) is 0. The maximum Gasteiger partial charge on any atom is 0.323 e. The third kappa shape index (κ3) is 3.79. The standard InChI is InChI=1S/C20H14F3N5O2/c21-10-2-1-3-12(6-10)27-20(30)28-15-8-11(22)7-13(16(15)23)18(29)14-9-26-19-17(14)24-4-5-25-19/h1-9,17,19,26H,(H2,27,28,30). The Morgan fingerprint density at radius 2 is 1.77 bits per heavy atom. The van der Waals surface area contributed by atoms with Crippen LogP contribution >= 0.6 is 0 Å². The van der Waals surface area contributed by atoms with E-state index in [-0.39, 0.29) is 11.3 Å². The predicted octanol–water partition coefficient (Wildman–Crippen LogP) is 3.27. The maximum absolute atomic E-state index is 14.9. The summed E-state index contributed by atoms with van der Waals surface area (Å²) in [5, 5.41) is 7.28. The molecule has 2 unspecified atom stereocenters. The van der Waals surface area contributed by atoms with Crippen LogP contribution in [0.1, 0.15) is 10.4 Å². The van der Waals surface area contributed by atoms with Gasteiger partial charge in [0.15, 0.2) is 11.6 Å². The van der Waals surface area contributed by atoms with Gasteiger partial charge in [-0.3, -0.25) is 14.8 Å². The van der Waals surface area contributed by atoms with Crippen molar-refractivity contribution in [3.8, 4) is 0 Å². The van der Waals surface area contributed by atoms with Crippen molar-refractivity contribution < 1.29 is 22.8 Å². The number of rotatable bonds is 4. The van der Waals surface area contributed by atoms with E-state index < -0.39 is 52.7 Å². The Hall–Kier alpha value is -3.95. The highest BCUT2D eigenvalue weighted by molar-refractivity contribution is 6.18. The van der Waals surface area contributed by atoms with Gasteiger partial charge >= 0.3 is 6.03 Å². The molecule has 0 bridgehead atoms. The summed E-state index contributed by atoms with van der Waals surface area (Å²) >= 11 is 0. The van der Waals surface area contributed by atoms with Gasteiger partial charge in [0.05, 0.1) is 11.3 Å². The van der Waals surface area contributed by atoms with E-state index >= 15 is 0 Å². The van der Waals surface area contributed by atoms with Gasteiger partial charge in [-0.2, -0.15) is 0 Å². The fourth-order valence-corrected chi connectivity index (χ4v) is 3.12. The van der Waals surface area contributed by atoms with E-state index in [4.69, 9.17) is 0 Å². The van der Waals surface area contributed by atoms with Crippen LogP contribution in [0.4, 0.5) is 29.3 Å². The fourth-order valence-electron chi connectivity index (χ4n) is 3.12. The molecule has 4 rings (SSSR count). The van der Waals surface area contributed by atoms with Crippen molar-refractivity contribution >= 4 is 35.6 Å². The molecule has 3 N–H and O–H groups in total. The Bertz CT molecular complexity index is 1130. The molecule has 30 heavy (non-hydrogen) atoms. The van der Waals surface area contributed by atoms with Gasteiger partial charge in [0.25, 0.3) is 0 Å². The number of nitrogens with zero attached hydrogens (tertiary/aromatic N) is 2. The highest BCUT2D eigenvalue weighted by atomic mass is 19.1. The molecule has 2 aliphatic rings. The smallest absolute Gasteiger partial charge is 0.323 e. The number of amides is 2. The zero-order chi connectivity index (χ0) is 21.3. The van der Waals surface area contributed by atoms with Gasteiger partial charge in [-0.1, -0.05) is 6.07 Å². The van der Waals surface area contributed by atoms with Crippen molar-refractivity contribution in [1.29, 1.82) is 0 Å². The number of carbonyl (C=O) groups is 2. The molecule has 2 aliphatic heterocycles. The van der Waals surface area contributed by atoms with Crippen molar-refractivity contribution in [3.63, 3.8) is 0 Å². The minimum Gasteiger partial charge on any atom is -0.367 e. The van der Waals surface area contributed by atoms with Gasteiger partial charge in [0.1, 0.15) is 23.8 Å². The Morgan fingerprint density at radius 3 is 2.57 bits per heavy atom. The minimum atomic E-state index is -1.11. The van der Waals surface area contributed by atoms with Crippen LogP contribution in [0.5, 0.6) is 0 Å². The lowest BCUT2D eigenvalue weighted by atomic mass is 9.97. The fraction of sp³-hybridized carbons (Fsp3) is 0.100. The lowest BCUT2D eigenvalue weighted by Gasteiger charge is -2.17. The van der Waals surface area contributed by atoms with Crippen molar-refractivity contribution in [2.24, 2.45) is 9.98 Å². The number of urea groups is 1. The second-order valence-corrected chi connectivity index (χ2v) is 6.49.